The fourth-order valence-corrected chi connectivity index (χ4v) is 2.37. The third-order valence-corrected chi connectivity index (χ3v) is 3.63. The summed E-state index contributed by atoms with van der Waals surface area (Å²) in [4.78, 5) is 12.1. The molecule has 116 valence electrons. The van der Waals surface area contributed by atoms with Crippen molar-refractivity contribution >= 4 is 5.91 Å². The smallest absolute Gasteiger partial charge is 0.253 e. The first kappa shape index (κ1) is 16.2. The van der Waals surface area contributed by atoms with Gasteiger partial charge in [-0.05, 0) is 17.5 Å². The molecular weight excluding hydrogens is 278 g/mol. The Morgan fingerprint density at radius 3 is 2.05 bits per heavy atom. The lowest BCUT2D eigenvalue weighted by molar-refractivity contribution is -0.129. The fourth-order valence-electron chi connectivity index (χ4n) is 2.37. The van der Waals surface area contributed by atoms with Gasteiger partial charge in [0.25, 0.3) is 5.91 Å². The van der Waals surface area contributed by atoms with Crippen LogP contribution in [0.2, 0.25) is 0 Å². The summed E-state index contributed by atoms with van der Waals surface area (Å²) in [7, 11) is 0. The molecule has 0 unspecified atom stereocenters. The van der Waals surface area contributed by atoms with E-state index >= 15 is 0 Å². The summed E-state index contributed by atoms with van der Waals surface area (Å²) in [6, 6.07) is 18.6. The molecule has 0 bridgehead atoms. The first-order chi connectivity index (χ1) is 10.7. The van der Waals surface area contributed by atoms with Gasteiger partial charge < -0.3 is 15.5 Å². The van der Waals surface area contributed by atoms with Crippen LogP contribution >= 0.6 is 0 Å². The maximum absolute atomic E-state index is 12.1. The molecule has 0 fully saturated rings. The lowest BCUT2D eigenvalue weighted by Gasteiger charge is -2.18. The molecule has 0 aliphatic rings. The Morgan fingerprint density at radius 2 is 1.50 bits per heavy atom. The molecule has 0 heterocycles. The summed E-state index contributed by atoms with van der Waals surface area (Å²) >= 11 is 0. The second-order valence-electron chi connectivity index (χ2n) is 5.18. The van der Waals surface area contributed by atoms with Gasteiger partial charge >= 0.3 is 0 Å². The minimum atomic E-state index is -1.17. The second-order valence-corrected chi connectivity index (χ2v) is 5.18. The van der Waals surface area contributed by atoms with E-state index in [0.29, 0.717) is 18.5 Å². The van der Waals surface area contributed by atoms with Crippen molar-refractivity contribution in [2.45, 2.75) is 18.4 Å². The number of nitrogens with one attached hydrogen (secondary N) is 1. The molecule has 22 heavy (non-hydrogen) atoms. The number of hydrogen-bond donors (Lipinski definition) is 3. The zero-order valence-corrected chi connectivity index (χ0v) is 12.4. The van der Waals surface area contributed by atoms with E-state index in [1.54, 1.807) is 24.3 Å². The molecular formula is C18H21NO3. The van der Waals surface area contributed by atoms with Gasteiger partial charge in [-0.2, -0.15) is 0 Å². The van der Waals surface area contributed by atoms with Crippen molar-refractivity contribution in [1.82, 2.24) is 5.32 Å². The number of hydrogen-bond acceptors (Lipinski definition) is 3. The molecule has 4 heteroatoms. The minimum absolute atomic E-state index is 0.0260. The van der Waals surface area contributed by atoms with Gasteiger partial charge in [0.05, 0.1) is 0 Å². The molecule has 2 aromatic rings. The van der Waals surface area contributed by atoms with Gasteiger partial charge in [-0.3, -0.25) is 4.79 Å². The topological polar surface area (TPSA) is 69.6 Å². The largest absolute Gasteiger partial charge is 0.396 e. The normalized spacial score (nSPS) is 13.4. The number of benzene rings is 2. The van der Waals surface area contributed by atoms with Crippen LogP contribution < -0.4 is 5.32 Å². The van der Waals surface area contributed by atoms with Gasteiger partial charge in [-0.1, -0.05) is 60.7 Å². The van der Waals surface area contributed by atoms with Crippen molar-refractivity contribution in [3.05, 3.63) is 71.8 Å². The molecule has 0 aliphatic carbocycles. The molecule has 0 spiro atoms. The van der Waals surface area contributed by atoms with Crippen LogP contribution in [-0.2, 0) is 4.79 Å². The SMILES string of the molecule is O=C(NC[C@H](CCO)c1ccccc1)[C@@H](O)c1ccccc1. The fraction of sp³-hybridized carbons (Fsp3) is 0.278. The predicted molar refractivity (Wildman–Crippen MR) is 85.3 cm³/mol. The van der Waals surface area contributed by atoms with Crippen LogP contribution in [0.3, 0.4) is 0 Å². The van der Waals surface area contributed by atoms with E-state index in [1.165, 1.54) is 0 Å². The van der Waals surface area contributed by atoms with Crippen LogP contribution in [0.1, 0.15) is 29.6 Å². The molecule has 2 atom stereocenters. The van der Waals surface area contributed by atoms with E-state index in [9.17, 15) is 15.0 Å². The predicted octanol–water partition coefficient (Wildman–Crippen LogP) is 2.00. The summed E-state index contributed by atoms with van der Waals surface area (Å²) in [5.74, 6) is -0.400. The van der Waals surface area contributed by atoms with Crippen LogP contribution in [0, 0.1) is 0 Å². The maximum Gasteiger partial charge on any atom is 0.253 e. The Balaban J connectivity index is 1.96. The van der Waals surface area contributed by atoms with Crippen molar-refractivity contribution < 1.29 is 15.0 Å². The van der Waals surface area contributed by atoms with Gasteiger partial charge in [0.2, 0.25) is 0 Å². The average Bonchev–Trinajstić information content (AvgIpc) is 2.59. The van der Waals surface area contributed by atoms with Crippen LogP contribution in [0.15, 0.2) is 60.7 Å². The average molecular weight is 299 g/mol. The van der Waals surface area contributed by atoms with Gasteiger partial charge in [-0.15, -0.1) is 0 Å². The van der Waals surface area contributed by atoms with E-state index in [2.05, 4.69) is 5.32 Å². The van der Waals surface area contributed by atoms with Gasteiger partial charge in [0, 0.05) is 19.1 Å². The Bertz CT molecular complexity index is 571. The highest BCUT2D eigenvalue weighted by Crippen LogP contribution is 2.19. The van der Waals surface area contributed by atoms with Crippen LogP contribution in [0.5, 0.6) is 0 Å². The quantitative estimate of drug-likeness (QED) is 0.732. The third-order valence-electron chi connectivity index (χ3n) is 3.63. The van der Waals surface area contributed by atoms with Crippen molar-refractivity contribution in [3.63, 3.8) is 0 Å². The molecule has 2 rings (SSSR count). The Hall–Kier alpha value is -2.17. The highest BCUT2D eigenvalue weighted by atomic mass is 16.3. The van der Waals surface area contributed by atoms with E-state index in [1.807, 2.05) is 36.4 Å². The number of rotatable bonds is 7. The molecule has 1 amide bonds. The first-order valence-corrected chi connectivity index (χ1v) is 7.39. The van der Waals surface area contributed by atoms with Gasteiger partial charge in [-0.25, -0.2) is 0 Å². The highest BCUT2D eigenvalue weighted by Gasteiger charge is 2.19. The minimum Gasteiger partial charge on any atom is -0.396 e. The van der Waals surface area contributed by atoms with Crippen molar-refractivity contribution in [2.24, 2.45) is 0 Å². The molecule has 3 N–H and O–H groups in total. The summed E-state index contributed by atoms with van der Waals surface area (Å²) < 4.78 is 0. The standard InChI is InChI=1S/C18H21NO3/c20-12-11-16(14-7-3-1-4-8-14)13-19-18(22)17(21)15-9-5-2-6-10-15/h1-10,16-17,20-21H,11-13H2,(H,19,22)/t16-,17-/m0/s1. The molecule has 0 saturated carbocycles. The van der Waals surface area contributed by atoms with E-state index in [4.69, 9.17) is 0 Å². The van der Waals surface area contributed by atoms with Crippen molar-refractivity contribution in [3.8, 4) is 0 Å². The Morgan fingerprint density at radius 1 is 0.955 bits per heavy atom. The highest BCUT2D eigenvalue weighted by molar-refractivity contribution is 5.81. The maximum atomic E-state index is 12.1. The number of aliphatic hydroxyl groups is 2. The molecule has 0 aromatic heterocycles. The molecule has 0 aliphatic heterocycles. The summed E-state index contributed by atoms with van der Waals surface area (Å²) in [6.07, 6.45) is -0.613. The third kappa shape index (κ3) is 4.41. The second kappa shape index (κ2) is 8.32. The molecule has 0 saturated heterocycles. The zero-order chi connectivity index (χ0) is 15.8. The number of carbonyl (C=O) groups excluding carboxylic acids is 1. The Labute approximate surface area is 130 Å². The van der Waals surface area contributed by atoms with E-state index in [0.717, 1.165) is 5.56 Å². The van der Waals surface area contributed by atoms with E-state index < -0.39 is 12.0 Å². The molecule has 0 radical (unpaired) electrons. The van der Waals surface area contributed by atoms with Crippen molar-refractivity contribution in [1.29, 1.82) is 0 Å². The first-order valence-electron chi connectivity index (χ1n) is 7.39. The number of aliphatic hydroxyl groups excluding tert-OH is 2. The molecule has 2 aromatic carbocycles. The summed E-state index contributed by atoms with van der Waals surface area (Å²) in [5, 5.41) is 22.0. The zero-order valence-electron chi connectivity index (χ0n) is 12.4. The summed E-state index contributed by atoms with van der Waals surface area (Å²) in [5.41, 5.74) is 1.63. The van der Waals surface area contributed by atoms with Crippen LogP contribution in [-0.4, -0.2) is 29.3 Å². The number of amides is 1. The van der Waals surface area contributed by atoms with Crippen molar-refractivity contribution in [2.75, 3.05) is 13.2 Å². The monoisotopic (exact) mass is 299 g/mol. The van der Waals surface area contributed by atoms with E-state index in [-0.39, 0.29) is 12.5 Å². The summed E-state index contributed by atoms with van der Waals surface area (Å²) in [6.45, 7) is 0.434. The Kier molecular flexibility index (Phi) is 6.13. The van der Waals surface area contributed by atoms with Crippen LogP contribution in [0.25, 0.3) is 0 Å². The lowest BCUT2D eigenvalue weighted by Crippen LogP contribution is -2.33. The molecule has 4 nitrogen and oxygen atoms in total. The van der Waals surface area contributed by atoms with Gasteiger partial charge in [0.15, 0.2) is 6.10 Å². The lowest BCUT2D eigenvalue weighted by atomic mass is 9.96. The van der Waals surface area contributed by atoms with Crippen LogP contribution in [0.4, 0.5) is 0 Å². The van der Waals surface area contributed by atoms with Gasteiger partial charge in [0.1, 0.15) is 0 Å². The number of carbonyl (C=O) groups is 1.